The van der Waals surface area contributed by atoms with Crippen molar-refractivity contribution in [3.63, 3.8) is 0 Å². The van der Waals surface area contributed by atoms with E-state index in [1.165, 1.54) is 88.2 Å². The maximum Gasteiger partial charge on any atom is 0.488 e. The summed E-state index contributed by atoms with van der Waals surface area (Å²) in [5.74, 6) is -1.34. The van der Waals surface area contributed by atoms with Crippen LogP contribution >= 0.6 is 31.9 Å². The summed E-state index contributed by atoms with van der Waals surface area (Å²) < 4.78 is 12.5. The minimum atomic E-state index is -1.35. The molecule has 0 fully saturated rings. The molecule has 66 heavy (non-hydrogen) atoms. The van der Waals surface area contributed by atoms with E-state index < -0.39 is 13.1 Å². The van der Waals surface area contributed by atoms with E-state index >= 15 is 0 Å². The van der Waals surface area contributed by atoms with Gasteiger partial charge in [-0.15, -0.1) is 0 Å². The number of unbranched alkanes of at least 4 members (excludes halogenated alkanes) is 14. The summed E-state index contributed by atoms with van der Waals surface area (Å²) in [6.45, 7) is 9.47. The number of ether oxygens (including phenoxy) is 2. The number of halogens is 2. The zero-order valence-corrected chi connectivity index (χ0v) is 42.7. The molecule has 5 rings (SSSR count). The highest BCUT2D eigenvalue weighted by Gasteiger charge is 2.12. The summed E-state index contributed by atoms with van der Waals surface area (Å²) in [5.41, 5.74) is 6.59. The molecular formula is C55H71BBr2O8. The number of aromatic carboxylic acids is 1. The first kappa shape index (κ1) is 57.6. The molecule has 11 heteroatoms. The lowest BCUT2D eigenvalue weighted by molar-refractivity contribution is 0.0488. The first-order valence-corrected chi connectivity index (χ1v) is 25.1. The Hall–Kier alpha value is -4.55. The minimum absolute atomic E-state index is 0.218. The second kappa shape index (κ2) is 35.6. The van der Waals surface area contributed by atoms with Crippen LogP contribution in [0.4, 0.5) is 0 Å². The molecule has 3 N–H and O–H groups in total. The summed E-state index contributed by atoms with van der Waals surface area (Å²) in [6, 6.07) is 36.9. The number of esters is 2. The minimum Gasteiger partial charge on any atom is -0.478 e. The maximum absolute atomic E-state index is 12.1. The van der Waals surface area contributed by atoms with Gasteiger partial charge in [0, 0.05) is 8.95 Å². The van der Waals surface area contributed by atoms with Gasteiger partial charge in [0.1, 0.15) is 0 Å². The average molecular weight is 1030 g/mol. The van der Waals surface area contributed by atoms with Crippen LogP contribution in [0.25, 0.3) is 11.1 Å². The fraction of sp³-hybridized carbons (Fsp3) is 0.400. The Morgan fingerprint density at radius 3 is 1.21 bits per heavy atom. The number of carbonyl (C=O) groups is 3. The summed E-state index contributed by atoms with van der Waals surface area (Å²) in [4.78, 5) is 34.2. The summed E-state index contributed by atoms with van der Waals surface area (Å²) in [5, 5.41) is 26.0. The van der Waals surface area contributed by atoms with E-state index in [-0.39, 0.29) is 11.9 Å². The topological polar surface area (TPSA) is 130 Å². The van der Waals surface area contributed by atoms with Crippen LogP contribution in [-0.2, 0) is 9.47 Å². The van der Waals surface area contributed by atoms with E-state index in [0.29, 0.717) is 35.4 Å². The predicted octanol–water partition coefficient (Wildman–Crippen LogP) is 14.5. The fourth-order valence-corrected chi connectivity index (χ4v) is 7.23. The normalized spacial score (nSPS) is 10.2. The van der Waals surface area contributed by atoms with E-state index in [9.17, 15) is 14.4 Å². The van der Waals surface area contributed by atoms with Crippen LogP contribution in [0.1, 0.15) is 159 Å². The van der Waals surface area contributed by atoms with E-state index in [0.717, 1.165) is 45.8 Å². The molecule has 0 bridgehead atoms. The number of carboxylic acid groups (broad SMARTS) is 1. The van der Waals surface area contributed by atoms with Gasteiger partial charge in [0.25, 0.3) is 0 Å². The van der Waals surface area contributed by atoms with Gasteiger partial charge in [-0.25, -0.2) is 14.4 Å². The fourth-order valence-electron chi connectivity index (χ4n) is 6.71. The van der Waals surface area contributed by atoms with Crippen molar-refractivity contribution in [2.24, 2.45) is 0 Å². The highest BCUT2D eigenvalue weighted by molar-refractivity contribution is 9.10. The van der Waals surface area contributed by atoms with Crippen LogP contribution in [-0.4, -0.2) is 53.4 Å². The van der Waals surface area contributed by atoms with Crippen LogP contribution in [0.2, 0.25) is 0 Å². The number of carboxylic acids is 1. The maximum atomic E-state index is 12.1. The van der Waals surface area contributed by atoms with Gasteiger partial charge in [-0.1, -0.05) is 202 Å². The van der Waals surface area contributed by atoms with Crippen molar-refractivity contribution >= 4 is 62.3 Å². The Labute approximate surface area is 412 Å². The van der Waals surface area contributed by atoms with Crippen LogP contribution in [0.15, 0.2) is 130 Å². The highest BCUT2D eigenvalue weighted by atomic mass is 79.9. The summed E-state index contributed by atoms with van der Waals surface area (Å²) >= 11 is 6.55. The largest absolute Gasteiger partial charge is 0.488 e. The van der Waals surface area contributed by atoms with Gasteiger partial charge >= 0.3 is 25.0 Å². The van der Waals surface area contributed by atoms with Crippen molar-refractivity contribution < 1.29 is 39.0 Å². The van der Waals surface area contributed by atoms with Crippen LogP contribution in [0.3, 0.4) is 0 Å². The molecule has 0 spiro atoms. The molecule has 0 amide bonds. The number of hydrogen-bond donors (Lipinski definition) is 3. The van der Waals surface area contributed by atoms with Crippen molar-refractivity contribution in [1.29, 1.82) is 0 Å². The predicted molar refractivity (Wildman–Crippen MR) is 279 cm³/mol. The van der Waals surface area contributed by atoms with Gasteiger partial charge in [0.05, 0.1) is 29.9 Å². The monoisotopic (exact) mass is 1030 g/mol. The number of carbonyl (C=O) groups excluding carboxylic acids is 2. The average Bonchev–Trinajstić information content (AvgIpc) is 3.31. The van der Waals surface area contributed by atoms with Gasteiger partial charge in [-0.3, -0.25) is 0 Å². The Bertz CT molecular complexity index is 2070. The first-order valence-electron chi connectivity index (χ1n) is 23.5. The molecule has 0 saturated heterocycles. The molecule has 0 saturated carbocycles. The molecule has 0 aliphatic heterocycles. The molecule has 0 aliphatic carbocycles. The molecule has 0 heterocycles. The molecular weight excluding hydrogens is 959 g/mol. The molecule has 0 aliphatic rings. The SMILES string of the molecule is CCCCCCCCCCOC(=O)c1ccc(-c2ccccc2C)cc1.CCCCCCCCCCOC(=O)c1ccc(Br)cc1.Cc1ccccc1B(O)O.O=C(O)c1ccc(Br)cc1. The lowest BCUT2D eigenvalue weighted by Gasteiger charge is -2.08. The van der Waals surface area contributed by atoms with Crippen molar-refractivity contribution in [2.45, 2.75) is 130 Å². The van der Waals surface area contributed by atoms with Crippen LogP contribution in [0, 0.1) is 13.8 Å². The van der Waals surface area contributed by atoms with E-state index in [1.807, 2.05) is 67.6 Å². The molecule has 0 aromatic heterocycles. The Kier molecular flexibility index (Phi) is 31.1. The Morgan fingerprint density at radius 2 is 0.833 bits per heavy atom. The third kappa shape index (κ3) is 25.4. The summed E-state index contributed by atoms with van der Waals surface area (Å²) in [7, 11) is -1.35. The van der Waals surface area contributed by atoms with Gasteiger partial charge in [-0.2, -0.15) is 0 Å². The standard InChI is InChI=1S/C24H32O2.C17H25BrO2.C7H9BO2.C7H5BrO2/c1-3-4-5-6-7-8-9-12-19-26-24(25)22-17-15-21(16-18-22)23-14-11-10-13-20(23)2;1-2-3-4-5-6-7-8-9-14-20-17(19)15-10-12-16(18)13-11-15;1-6-4-2-3-5-7(6)8(9)10;8-6-3-1-5(2-4-6)7(9)10/h10-11,13-18H,3-9,12,19H2,1-2H3;10-13H,2-9,14H2,1H3;2-5,9-10H,1H3;1-4H,(H,9,10). The van der Waals surface area contributed by atoms with Crippen molar-refractivity contribution in [2.75, 3.05) is 13.2 Å². The van der Waals surface area contributed by atoms with Crippen LogP contribution < -0.4 is 5.46 Å². The number of hydrogen-bond acceptors (Lipinski definition) is 7. The number of benzene rings is 5. The lowest BCUT2D eigenvalue weighted by atomic mass is 9.77. The zero-order chi connectivity index (χ0) is 48.4. The second-order valence-electron chi connectivity index (χ2n) is 16.2. The van der Waals surface area contributed by atoms with E-state index in [4.69, 9.17) is 24.6 Å². The van der Waals surface area contributed by atoms with Gasteiger partial charge < -0.3 is 24.6 Å². The van der Waals surface area contributed by atoms with Crippen molar-refractivity contribution in [3.05, 3.63) is 158 Å². The van der Waals surface area contributed by atoms with Crippen molar-refractivity contribution in [1.82, 2.24) is 0 Å². The smallest absolute Gasteiger partial charge is 0.478 e. The van der Waals surface area contributed by atoms with E-state index in [1.54, 1.807) is 48.5 Å². The molecule has 5 aromatic rings. The molecule has 8 nitrogen and oxygen atoms in total. The van der Waals surface area contributed by atoms with Gasteiger partial charge in [-0.05, 0) is 110 Å². The Morgan fingerprint density at radius 1 is 0.470 bits per heavy atom. The third-order valence-electron chi connectivity index (χ3n) is 10.7. The molecule has 0 unspecified atom stereocenters. The Balaban J connectivity index is 0.000000328. The van der Waals surface area contributed by atoms with Crippen LogP contribution in [0.5, 0.6) is 0 Å². The molecule has 356 valence electrons. The zero-order valence-electron chi connectivity index (χ0n) is 39.5. The third-order valence-corrected chi connectivity index (χ3v) is 11.7. The number of rotatable bonds is 23. The van der Waals surface area contributed by atoms with Gasteiger partial charge in [0.2, 0.25) is 0 Å². The van der Waals surface area contributed by atoms with Gasteiger partial charge in [0.15, 0.2) is 0 Å². The molecule has 5 aromatic carbocycles. The highest BCUT2D eigenvalue weighted by Crippen LogP contribution is 2.23. The summed E-state index contributed by atoms with van der Waals surface area (Å²) in [6.07, 6.45) is 20.0. The van der Waals surface area contributed by atoms with Crippen molar-refractivity contribution in [3.8, 4) is 11.1 Å². The van der Waals surface area contributed by atoms with E-state index in [2.05, 4.69) is 64.8 Å². The second-order valence-corrected chi connectivity index (χ2v) is 18.0. The number of aryl methyl sites for hydroxylation is 2. The molecule has 0 atom stereocenters. The lowest BCUT2D eigenvalue weighted by Crippen LogP contribution is -2.31. The first-order chi connectivity index (χ1) is 31.9. The quantitative estimate of drug-likeness (QED) is 0.0335. The molecule has 0 radical (unpaired) electrons.